The summed E-state index contributed by atoms with van der Waals surface area (Å²) in [5.74, 6) is 0.343. The Bertz CT molecular complexity index is 1040. The molecule has 0 radical (unpaired) electrons. The number of thioether (sulfide) groups is 1. The van der Waals surface area contributed by atoms with Gasteiger partial charge in [0, 0.05) is 12.1 Å². The smallest absolute Gasteiger partial charge is 0.293 e. The largest absolute Gasteiger partial charge is 0.486 e. The number of benzene rings is 2. The average molecular weight is 550 g/mol. The SMILES string of the molecule is CCCCN1C(=O)S/C(=C\c2cc(Br)c(OCc3ccccc3C#N)c(Br)c2)C1=O. The van der Waals surface area contributed by atoms with Gasteiger partial charge in [0.25, 0.3) is 11.1 Å². The van der Waals surface area contributed by atoms with Gasteiger partial charge < -0.3 is 4.74 Å². The molecule has 1 fully saturated rings. The third-order valence-corrected chi connectivity index (χ3v) is 6.52. The van der Waals surface area contributed by atoms with Crippen LogP contribution in [0.3, 0.4) is 0 Å². The Morgan fingerprint density at radius 3 is 2.57 bits per heavy atom. The molecule has 154 valence electrons. The summed E-state index contributed by atoms with van der Waals surface area (Å²) in [6, 6.07) is 13.1. The fraction of sp³-hybridized carbons (Fsp3) is 0.227. The predicted octanol–water partition coefficient (Wildman–Crippen LogP) is 6.50. The summed E-state index contributed by atoms with van der Waals surface area (Å²) in [5.41, 5.74) is 2.13. The molecule has 0 spiro atoms. The second-order valence-electron chi connectivity index (χ2n) is 6.56. The number of unbranched alkanes of at least 4 members (excludes halogenated alkanes) is 1. The minimum Gasteiger partial charge on any atom is -0.486 e. The van der Waals surface area contributed by atoms with Gasteiger partial charge >= 0.3 is 0 Å². The van der Waals surface area contributed by atoms with Crippen molar-refractivity contribution in [2.45, 2.75) is 26.4 Å². The van der Waals surface area contributed by atoms with Crippen LogP contribution in [0.15, 0.2) is 50.2 Å². The molecule has 1 aliphatic heterocycles. The highest BCUT2D eigenvalue weighted by atomic mass is 79.9. The lowest BCUT2D eigenvalue weighted by molar-refractivity contribution is -0.122. The van der Waals surface area contributed by atoms with Crippen LogP contribution in [-0.4, -0.2) is 22.6 Å². The number of rotatable bonds is 7. The molecule has 2 amide bonds. The minimum absolute atomic E-state index is 0.228. The molecular weight excluding hydrogens is 532 g/mol. The van der Waals surface area contributed by atoms with Crippen molar-refractivity contribution in [3.8, 4) is 11.8 Å². The maximum Gasteiger partial charge on any atom is 0.293 e. The quantitative estimate of drug-likeness (QED) is 0.369. The van der Waals surface area contributed by atoms with Crippen LogP contribution < -0.4 is 4.74 Å². The summed E-state index contributed by atoms with van der Waals surface area (Å²) in [6.45, 7) is 2.71. The Kier molecular flexibility index (Phi) is 7.75. The van der Waals surface area contributed by atoms with E-state index in [2.05, 4.69) is 37.9 Å². The number of hydrogen-bond acceptors (Lipinski definition) is 5. The summed E-state index contributed by atoms with van der Waals surface area (Å²) >= 11 is 7.98. The molecule has 0 aromatic heterocycles. The van der Waals surface area contributed by atoms with E-state index in [9.17, 15) is 14.9 Å². The van der Waals surface area contributed by atoms with Crippen molar-refractivity contribution < 1.29 is 14.3 Å². The third kappa shape index (κ3) is 5.15. The standard InChI is InChI=1S/C22H18Br2N2O3S/c1-2-3-8-26-21(27)19(30-22(26)28)11-14-9-17(23)20(18(24)10-14)29-13-16-7-5-4-6-15(16)12-25/h4-7,9-11H,2-3,8,13H2,1H3/b19-11-. The molecule has 0 atom stereocenters. The molecule has 0 aliphatic carbocycles. The second kappa shape index (κ2) is 10.3. The Morgan fingerprint density at radius 1 is 1.20 bits per heavy atom. The van der Waals surface area contributed by atoms with Crippen LogP contribution >= 0.6 is 43.6 Å². The van der Waals surface area contributed by atoms with E-state index < -0.39 is 0 Å². The number of ether oxygens (including phenoxy) is 1. The normalized spacial score (nSPS) is 15.0. The van der Waals surface area contributed by atoms with Crippen molar-refractivity contribution >= 4 is 60.8 Å². The maximum atomic E-state index is 12.5. The lowest BCUT2D eigenvalue weighted by Gasteiger charge is -2.12. The number of amides is 2. The molecule has 0 bridgehead atoms. The monoisotopic (exact) mass is 548 g/mol. The maximum absolute atomic E-state index is 12.5. The predicted molar refractivity (Wildman–Crippen MR) is 125 cm³/mol. The van der Waals surface area contributed by atoms with Gasteiger partial charge in [-0.15, -0.1) is 0 Å². The lowest BCUT2D eigenvalue weighted by Crippen LogP contribution is -2.29. The van der Waals surface area contributed by atoms with Crippen LogP contribution in [0.1, 0.15) is 36.5 Å². The van der Waals surface area contributed by atoms with Crippen LogP contribution in [0.25, 0.3) is 6.08 Å². The van der Waals surface area contributed by atoms with Gasteiger partial charge in [-0.1, -0.05) is 31.5 Å². The van der Waals surface area contributed by atoms with Crippen LogP contribution in [0, 0.1) is 11.3 Å². The van der Waals surface area contributed by atoms with Crippen molar-refractivity contribution in [3.05, 3.63) is 66.9 Å². The number of halogens is 2. The first-order valence-electron chi connectivity index (χ1n) is 9.29. The number of carbonyl (C=O) groups is 2. The van der Waals surface area contributed by atoms with Gasteiger partial charge in [-0.2, -0.15) is 5.26 Å². The summed E-state index contributed by atoms with van der Waals surface area (Å²) in [7, 11) is 0. The second-order valence-corrected chi connectivity index (χ2v) is 9.26. The van der Waals surface area contributed by atoms with Gasteiger partial charge in [-0.3, -0.25) is 14.5 Å². The number of hydrogen-bond donors (Lipinski definition) is 0. The van der Waals surface area contributed by atoms with E-state index in [0.29, 0.717) is 31.7 Å². The van der Waals surface area contributed by atoms with Crippen LogP contribution in [0.4, 0.5) is 4.79 Å². The number of imide groups is 1. The van der Waals surface area contributed by atoms with E-state index >= 15 is 0 Å². The van der Waals surface area contributed by atoms with Crippen LogP contribution in [0.2, 0.25) is 0 Å². The highest BCUT2D eigenvalue weighted by Crippen LogP contribution is 2.38. The number of nitrogens with zero attached hydrogens (tertiary/aromatic N) is 2. The van der Waals surface area contributed by atoms with E-state index in [4.69, 9.17) is 4.74 Å². The molecule has 5 nitrogen and oxygen atoms in total. The first kappa shape index (κ1) is 22.6. The zero-order valence-electron chi connectivity index (χ0n) is 16.2. The Balaban J connectivity index is 1.78. The number of carbonyl (C=O) groups excluding carboxylic acids is 2. The fourth-order valence-corrected chi connectivity index (χ4v) is 5.18. The topological polar surface area (TPSA) is 70.4 Å². The molecular formula is C22H18Br2N2O3S. The summed E-state index contributed by atoms with van der Waals surface area (Å²) in [6.07, 6.45) is 3.42. The third-order valence-electron chi connectivity index (χ3n) is 4.44. The van der Waals surface area contributed by atoms with Crippen molar-refractivity contribution in [1.29, 1.82) is 5.26 Å². The van der Waals surface area contributed by atoms with Gasteiger partial charge in [-0.05, 0) is 79.9 Å². The summed E-state index contributed by atoms with van der Waals surface area (Å²) in [5, 5.41) is 8.99. The average Bonchev–Trinajstić information content (AvgIpc) is 2.98. The molecule has 2 aromatic carbocycles. The molecule has 0 saturated carbocycles. The molecule has 30 heavy (non-hydrogen) atoms. The highest BCUT2D eigenvalue weighted by Gasteiger charge is 2.34. The van der Waals surface area contributed by atoms with E-state index in [1.807, 2.05) is 37.3 Å². The van der Waals surface area contributed by atoms with Gasteiger partial charge in [0.2, 0.25) is 0 Å². The van der Waals surface area contributed by atoms with Crippen LogP contribution in [-0.2, 0) is 11.4 Å². The molecule has 0 unspecified atom stereocenters. The van der Waals surface area contributed by atoms with E-state index in [-0.39, 0.29) is 17.8 Å². The van der Waals surface area contributed by atoms with Crippen molar-refractivity contribution in [2.75, 3.05) is 6.54 Å². The highest BCUT2D eigenvalue weighted by molar-refractivity contribution is 9.11. The summed E-state index contributed by atoms with van der Waals surface area (Å²) in [4.78, 5) is 26.3. The Morgan fingerprint density at radius 2 is 1.90 bits per heavy atom. The van der Waals surface area contributed by atoms with Crippen molar-refractivity contribution in [1.82, 2.24) is 4.90 Å². The van der Waals surface area contributed by atoms with Crippen LogP contribution in [0.5, 0.6) is 5.75 Å². The minimum atomic E-state index is -0.251. The first-order valence-corrected chi connectivity index (χ1v) is 11.7. The molecule has 8 heteroatoms. The molecule has 0 N–H and O–H groups in total. The zero-order valence-corrected chi connectivity index (χ0v) is 20.1. The van der Waals surface area contributed by atoms with Gasteiger partial charge in [0.15, 0.2) is 0 Å². The van der Waals surface area contributed by atoms with E-state index in [0.717, 1.165) is 35.7 Å². The van der Waals surface area contributed by atoms with Gasteiger partial charge in [-0.25, -0.2) is 0 Å². The molecule has 1 aliphatic rings. The van der Waals surface area contributed by atoms with E-state index in [1.165, 1.54) is 4.90 Å². The van der Waals surface area contributed by atoms with Crippen molar-refractivity contribution in [2.24, 2.45) is 0 Å². The van der Waals surface area contributed by atoms with Gasteiger partial charge in [0.05, 0.1) is 25.5 Å². The first-order chi connectivity index (χ1) is 14.4. The Labute approximate surface area is 196 Å². The number of nitriles is 1. The lowest BCUT2D eigenvalue weighted by atomic mass is 10.1. The molecule has 1 saturated heterocycles. The van der Waals surface area contributed by atoms with Gasteiger partial charge in [0.1, 0.15) is 12.4 Å². The van der Waals surface area contributed by atoms with Crippen molar-refractivity contribution in [3.63, 3.8) is 0 Å². The van der Waals surface area contributed by atoms with E-state index in [1.54, 1.807) is 12.1 Å². The molecule has 1 heterocycles. The molecule has 3 rings (SSSR count). The molecule has 2 aromatic rings. The zero-order chi connectivity index (χ0) is 21.7. The summed E-state index contributed by atoms with van der Waals surface area (Å²) < 4.78 is 7.31. The fourth-order valence-electron chi connectivity index (χ4n) is 2.87. The Hall–Kier alpha value is -2.08.